The largest absolute Gasteiger partial charge is 0.484 e. The summed E-state index contributed by atoms with van der Waals surface area (Å²) in [6, 6.07) is 12.9. The molecule has 3 aromatic rings. The summed E-state index contributed by atoms with van der Waals surface area (Å²) in [4.78, 5) is 6.34. The topological polar surface area (TPSA) is 38.5 Å². The van der Waals surface area contributed by atoms with Crippen LogP contribution in [0.25, 0.3) is 0 Å². The van der Waals surface area contributed by atoms with Gasteiger partial charge in [-0.1, -0.05) is 18.2 Å². The van der Waals surface area contributed by atoms with Crippen molar-refractivity contribution in [2.24, 2.45) is 0 Å². The SMILES string of the molecule is Fc1cc(F)cc(N2CCc3nc(COc4ccccc4)oc3C2)c1. The van der Waals surface area contributed by atoms with E-state index in [2.05, 4.69) is 4.98 Å². The van der Waals surface area contributed by atoms with Crippen LogP contribution in [0, 0.1) is 11.6 Å². The molecule has 0 amide bonds. The summed E-state index contributed by atoms with van der Waals surface area (Å²) < 4.78 is 38.3. The summed E-state index contributed by atoms with van der Waals surface area (Å²) in [5.41, 5.74) is 1.38. The Balaban J connectivity index is 1.47. The summed E-state index contributed by atoms with van der Waals surface area (Å²) >= 11 is 0. The van der Waals surface area contributed by atoms with Crippen molar-refractivity contribution in [2.75, 3.05) is 11.4 Å². The molecule has 25 heavy (non-hydrogen) atoms. The highest BCUT2D eigenvalue weighted by atomic mass is 19.1. The van der Waals surface area contributed by atoms with Crippen molar-refractivity contribution in [1.82, 2.24) is 4.98 Å². The van der Waals surface area contributed by atoms with Gasteiger partial charge in [-0.3, -0.25) is 0 Å². The van der Waals surface area contributed by atoms with Gasteiger partial charge >= 0.3 is 0 Å². The van der Waals surface area contributed by atoms with Crippen LogP contribution in [0.1, 0.15) is 17.3 Å². The number of rotatable bonds is 4. The molecule has 0 atom stereocenters. The van der Waals surface area contributed by atoms with Crippen molar-refractivity contribution in [2.45, 2.75) is 19.6 Å². The third kappa shape index (κ3) is 3.47. The second-order valence-corrected chi connectivity index (χ2v) is 5.88. The highest BCUT2D eigenvalue weighted by Crippen LogP contribution is 2.26. The minimum Gasteiger partial charge on any atom is -0.484 e. The maximum Gasteiger partial charge on any atom is 0.232 e. The van der Waals surface area contributed by atoms with Crippen LogP contribution in [0.15, 0.2) is 52.9 Å². The lowest BCUT2D eigenvalue weighted by molar-refractivity contribution is 0.258. The lowest BCUT2D eigenvalue weighted by Crippen LogP contribution is -2.30. The third-order valence-corrected chi connectivity index (χ3v) is 4.09. The Bertz CT molecular complexity index is 860. The Hall–Kier alpha value is -2.89. The van der Waals surface area contributed by atoms with Crippen LogP contribution in [0.2, 0.25) is 0 Å². The van der Waals surface area contributed by atoms with Gasteiger partial charge in [-0.25, -0.2) is 13.8 Å². The van der Waals surface area contributed by atoms with E-state index in [0.717, 1.165) is 17.5 Å². The molecule has 6 heteroatoms. The molecule has 1 aromatic heterocycles. The molecule has 4 nitrogen and oxygen atoms in total. The number of oxazole rings is 1. The number of aromatic nitrogens is 1. The minimum absolute atomic E-state index is 0.242. The van der Waals surface area contributed by atoms with E-state index in [1.165, 1.54) is 12.1 Å². The molecule has 0 saturated carbocycles. The fourth-order valence-corrected chi connectivity index (χ4v) is 2.91. The van der Waals surface area contributed by atoms with Gasteiger partial charge < -0.3 is 14.1 Å². The van der Waals surface area contributed by atoms with Crippen molar-refractivity contribution in [3.05, 3.63) is 77.5 Å². The molecule has 1 aliphatic rings. The fourth-order valence-electron chi connectivity index (χ4n) is 2.91. The molecular formula is C19H16F2N2O2. The number of anilines is 1. The van der Waals surface area contributed by atoms with Gasteiger partial charge in [0.1, 0.15) is 23.1 Å². The van der Waals surface area contributed by atoms with Crippen LogP contribution in [0.4, 0.5) is 14.5 Å². The van der Waals surface area contributed by atoms with Crippen molar-refractivity contribution >= 4 is 5.69 Å². The molecule has 0 spiro atoms. The summed E-state index contributed by atoms with van der Waals surface area (Å²) in [7, 11) is 0. The second kappa shape index (κ2) is 6.55. The van der Waals surface area contributed by atoms with Crippen LogP contribution in [-0.2, 0) is 19.6 Å². The Labute approximate surface area is 143 Å². The molecule has 0 bridgehead atoms. The number of ether oxygens (including phenoxy) is 1. The van der Waals surface area contributed by atoms with Gasteiger partial charge in [-0.2, -0.15) is 0 Å². The van der Waals surface area contributed by atoms with E-state index in [1.807, 2.05) is 35.2 Å². The average Bonchev–Trinajstić information content (AvgIpc) is 3.02. The van der Waals surface area contributed by atoms with Gasteiger partial charge in [-0.05, 0) is 24.3 Å². The molecule has 0 aliphatic carbocycles. The number of nitrogens with zero attached hydrogens (tertiary/aromatic N) is 2. The molecular weight excluding hydrogens is 326 g/mol. The summed E-state index contributed by atoms with van der Waals surface area (Å²) in [5, 5.41) is 0. The van der Waals surface area contributed by atoms with Gasteiger partial charge in [0.2, 0.25) is 5.89 Å². The number of hydrogen-bond acceptors (Lipinski definition) is 4. The smallest absolute Gasteiger partial charge is 0.232 e. The zero-order chi connectivity index (χ0) is 17.2. The summed E-state index contributed by atoms with van der Waals surface area (Å²) in [6.45, 7) is 1.30. The van der Waals surface area contributed by atoms with Gasteiger partial charge in [-0.15, -0.1) is 0 Å². The molecule has 2 heterocycles. The number of halogens is 2. The lowest BCUT2D eigenvalue weighted by atomic mass is 10.1. The molecule has 2 aromatic carbocycles. The van der Waals surface area contributed by atoms with E-state index in [1.54, 1.807) is 0 Å². The Morgan fingerprint density at radius 1 is 1.08 bits per heavy atom. The monoisotopic (exact) mass is 342 g/mol. The first kappa shape index (κ1) is 15.6. The van der Waals surface area contributed by atoms with Crippen LogP contribution in [0.3, 0.4) is 0 Å². The molecule has 0 unspecified atom stereocenters. The molecule has 0 N–H and O–H groups in total. The van der Waals surface area contributed by atoms with Crippen LogP contribution < -0.4 is 9.64 Å². The van der Waals surface area contributed by atoms with E-state index < -0.39 is 11.6 Å². The quantitative estimate of drug-likeness (QED) is 0.716. The summed E-state index contributed by atoms with van der Waals surface area (Å²) in [5.74, 6) is 0.782. The molecule has 0 fully saturated rings. The predicted molar refractivity (Wildman–Crippen MR) is 88.4 cm³/mol. The molecule has 4 rings (SSSR count). The van der Waals surface area contributed by atoms with Crippen molar-refractivity contribution in [3.63, 3.8) is 0 Å². The zero-order valence-corrected chi connectivity index (χ0v) is 13.4. The highest BCUT2D eigenvalue weighted by molar-refractivity contribution is 5.48. The fraction of sp³-hybridized carbons (Fsp3) is 0.211. The maximum absolute atomic E-state index is 13.4. The molecule has 128 valence electrons. The Morgan fingerprint density at radius 3 is 2.60 bits per heavy atom. The number of para-hydroxylation sites is 1. The van der Waals surface area contributed by atoms with Crippen LogP contribution in [0.5, 0.6) is 5.75 Å². The van der Waals surface area contributed by atoms with Gasteiger partial charge in [0.05, 0.1) is 12.2 Å². The van der Waals surface area contributed by atoms with Crippen molar-refractivity contribution in [1.29, 1.82) is 0 Å². The van der Waals surface area contributed by atoms with Crippen molar-refractivity contribution in [3.8, 4) is 5.75 Å². The number of fused-ring (bicyclic) bond motifs is 1. The Morgan fingerprint density at radius 2 is 1.84 bits per heavy atom. The van der Waals surface area contributed by atoms with Gasteiger partial charge in [0.25, 0.3) is 0 Å². The molecule has 1 aliphatic heterocycles. The first-order valence-corrected chi connectivity index (χ1v) is 8.04. The van der Waals surface area contributed by atoms with E-state index >= 15 is 0 Å². The van der Waals surface area contributed by atoms with E-state index in [9.17, 15) is 8.78 Å². The first-order chi connectivity index (χ1) is 12.2. The lowest BCUT2D eigenvalue weighted by Gasteiger charge is -2.27. The molecule has 0 saturated heterocycles. The highest BCUT2D eigenvalue weighted by Gasteiger charge is 2.23. The van der Waals surface area contributed by atoms with E-state index in [4.69, 9.17) is 9.15 Å². The minimum atomic E-state index is -0.588. The normalized spacial score (nSPS) is 13.6. The average molecular weight is 342 g/mol. The van der Waals surface area contributed by atoms with E-state index in [-0.39, 0.29) is 6.61 Å². The Kier molecular flexibility index (Phi) is 4.09. The van der Waals surface area contributed by atoms with Crippen LogP contribution >= 0.6 is 0 Å². The number of hydrogen-bond donors (Lipinski definition) is 0. The van der Waals surface area contributed by atoms with E-state index in [0.29, 0.717) is 36.8 Å². The second-order valence-electron chi connectivity index (χ2n) is 5.88. The molecule has 0 radical (unpaired) electrons. The zero-order valence-electron chi connectivity index (χ0n) is 13.4. The maximum atomic E-state index is 13.4. The number of benzene rings is 2. The third-order valence-electron chi connectivity index (χ3n) is 4.09. The summed E-state index contributed by atoms with van der Waals surface area (Å²) in [6.07, 6.45) is 0.655. The van der Waals surface area contributed by atoms with Gasteiger partial charge in [0, 0.05) is 24.7 Å². The first-order valence-electron chi connectivity index (χ1n) is 8.04. The van der Waals surface area contributed by atoms with Crippen LogP contribution in [-0.4, -0.2) is 11.5 Å². The predicted octanol–water partition coefficient (Wildman–Crippen LogP) is 4.09. The van der Waals surface area contributed by atoms with Gasteiger partial charge in [0.15, 0.2) is 6.61 Å². The standard InChI is InChI=1S/C19H16F2N2O2/c20-13-8-14(21)10-15(9-13)23-7-6-17-18(11-23)25-19(22-17)12-24-16-4-2-1-3-5-16/h1-5,8-10H,6-7,11-12H2. The van der Waals surface area contributed by atoms with Crippen molar-refractivity contribution < 1.29 is 17.9 Å².